The number of nitrogens with one attached hydrogen (secondary N) is 2. The third kappa shape index (κ3) is 3.55. The highest BCUT2D eigenvalue weighted by atomic mass is 15.1. The lowest BCUT2D eigenvalue weighted by molar-refractivity contribution is 0.394. The highest BCUT2D eigenvalue weighted by Crippen LogP contribution is 2.12. The van der Waals surface area contributed by atoms with E-state index in [0.717, 1.165) is 42.9 Å². The molecular formula is C14H22N4. The lowest BCUT2D eigenvalue weighted by Crippen LogP contribution is -2.21. The van der Waals surface area contributed by atoms with Gasteiger partial charge in [-0.15, -0.1) is 0 Å². The van der Waals surface area contributed by atoms with Crippen molar-refractivity contribution in [3.05, 3.63) is 29.6 Å². The molecule has 0 amide bonds. The third-order valence-electron chi connectivity index (χ3n) is 2.94. The van der Waals surface area contributed by atoms with Crippen LogP contribution >= 0.6 is 0 Å². The smallest absolute Gasteiger partial charge is 0.121 e. The zero-order valence-corrected chi connectivity index (χ0v) is 11.5. The van der Waals surface area contributed by atoms with E-state index < -0.39 is 0 Å². The van der Waals surface area contributed by atoms with Crippen LogP contribution in [-0.2, 0) is 6.54 Å². The number of fused-ring (bicyclic) bond motifs is 1. The fraction of sp³-hybridized carbons (Fsp3) is 0.500. The number of benzene rings is 1. The zero-order valence-electron chi connectivity index (χ0n) is 11.5. The van der Waals surface area contributed by atoms with Crippen molar-refractivity contribution in [2.75, 3.05) is 27.2 Å². The Hall–Kier alpha value is -1.39. The summed E-state index contributed by atoms with van der Waals surface area (Å²) in [5.74, 6) is 1.01. The predicted octanol–water partition coefficient (Wildman–Crippen LogP) is 1.91. The first-order valence-electron chi connectivity index (χ1n) is 6.46. The summed E-state index contributed by atoms with van der Waals surface area (Å²) in [5, 5.41) is 3.41. The predicted molar refractivity (Wildman–Crippen MR) is 75.7 cm³/mol. The van der Waals surface area contributed by atoms with Gasteiger partial charge < -0.3 is 15.2 Å². The first-order valence-corrected chi connectivity index (χ1v) is 6.46. The highest BCUT2D eigenvalue weighted by molar-refractivity contribution is 5.75. The van der Waals surface area contributed by atoms with Crippen molar-refractivity contribution in [2.45, 2.75) is 19.9 Å². The summed E-state index contributed by atoms with van der Waals surface area (Å²) < 4.78 is 0. The second-order valence-corrected chi connectivity index (χ2v) is 5.04. The Balaban J connectivity index is 1.84. The first-order chi connectivity index (χ1) is 8.65. The van der Waals surface area contributed by atoms with Crippen LogP contribution in [0.3, 0.4) is 0 Å². The van der Waals surface area contributed by atoms with E-state index in [1.165, 1.54) is 5.56 Å². The van der Waals surface area contributed by atoms with Gasteiger partial charge in [-0.25, -0.2) is 4.98 Å². The molecule has 0 fully saturated rings. The second kappa shape index (κ2) is 5.98. The quantitative estimate of drug-likeness (QED) is 0.765. The molecule has 0 aliphatic heterocycles. The molecule has 1 aromatic carbocycles. The van der Waals surface area contributed by atoms with E-state index in [4.69, 9.17) is 0 Å². The van der Waals surface area contributed by atoms with E-state index in [1.54, 1.807) is 0 Å². The molecule has 4 nitrogen and oxygen atoms in total. The maximum absolute atomic E-state index is 4.56. The summed E-state index contributed by atoms with van der Waals surface area (Å²) >= 11 is 0. The molecule has 0 atom stereocenters. The van der Waals surface area contributed by atoms with Crippen molar-refractivity contribution in [3.8, 4) is 0 Å². The average Bonchev–Trinajstić information content (AvgIpc) is 2.70. The average molecular weight is 246 g/mol. The van der Waals surface area contributed by atoms with Crippen molar-refractivity contribution in [1.29, 1.82) is 0 Å². The largest absolute Gasteiger partial charge is 0.341 e. The number of aryl methyl sites for hydroxylation is 1. The summed E-state index contributed by atoms with van der Waals surface area (Å²) in [6, 6.07) is 6.30. The number of hydrogen-bond donors (Lipinski definition) is 2. The van der Waals surface area contributed by atoms with Crippen LogP contribution in [0, 0.1) is 6.92 Å². The van der Waals surface area contributed by atoms with Gasteiger partial charge in [0.05, 0.1) is 17.6 Å². The minimum Gasteiger partial charge on any atom is -0.341 e. The molecule has 1 aromatic heterocycles. The van der Waals surface area contributed by atoms with Crippen LogP contribution in [0.15, 0.2) is 18.2 Å². The molecule has 0 bridgehead atoms. The molecule has 0 saturated heterocycles. The van der Waals surface area contributed by atoms with Gasteiger partial charge in [0.15, 0.2) is 0 Å². The van der Waals surface area contributed by atoms with Crippen LogP contribution in [0.25, 0.3) is 11.0 Å². The molecule has 1 heterocycles. The van der Waals surface area contributed by atoms with Gasteiger partial charge in [-0.1, -0.05) is 6.07 Å². The van der Waals surface area contributed by atoms with Crippen molar-refractivity contribution >= 4 is 11.0 Å². The SMILES string of the molecule is Cc1ccc2nc(CNCCCN(C)C)[nH]c2c1. The fourth-order valence-electron chi connectivity index (χ4n) is 1.99. The molecule has 0 spiro atoms. The van der Waals surface area contributed by atoms with Gasteiger partial charge in [0.25, 0.3) is 0 Å². The Morgan fingerprint density at radius 1 is 1.33 bits per heavy atom. The summed E-state index contributed by atoms with van der Waals surface area (Å²) in [7, 11) is 4.20. The number of hydrogen-bond acceptors (Lipinski definition) is 3. The topological polar surface area (TPSA) is 44.0 Å². The minimum atomic E-state index is 0.807. The standard InChI is InChI=1S/C14H22N4/c1-11-5-6-12-13(9-11)17-14(16-12)10-15-7-4-8-18(2)3/h5-6,9,15H,4,7-8,10H2,1-3H3,(H,16,17). The van der Waals surface area contributed by atoms with Crippen molar-refractivity contribution in [3.63, 3.8) is 0 Å². The van der Waals surface area contributed by atoms with Crippen molar-refractivity contribution in [2.24, 2.45) is 0 Å². The molecule has 98 valence electrons. The molecule has 0 aliphatic rings. The van der Waals surface area contributed by atoms with E-state index in [-0.39, 0.29) is 0 Å². The Bertz CT molecular complexity index is 501. The third-order valence-corrected chi connectivity index (χ3v) is 2.94. The summed E-state index contributed by atoms with van der Waals surface area (Å²) in [4.78, 5) is 10.1. The first kappa shape index (κ1) is 13.1. The minimum absolute atomic E-state index is 0.807. The van der Waals surface area contributed by atoms with Gasteiger partial charge in [-0.05, 0) is 58.2 Å². The maximum Gasteiger partial charge on any atom is 0.121 e. The van der Waals surface area contributed by atoms with Crippen molar-refractivity contribution < 1.29 is 0 Å². The lowest BCUT2D eigenvalue weighted by atomic mass is 10.2. The second-order valence-electron chi connectivity index (χ2n) is 5.04. The molecule has 0 saturated carbocycles. The number of aromatic nitrogens is 2. The van der Waals surface area contributed by atoms with E-state index in [1.807, 2.05) is 0 Å². The summed E-state index contributed by atoms with van der Waals surface area (Å²) in [5.41, 5.74) is 3.43. The maximum atomic E-state index is 4.56. The van der Waals surface area contributed by atoms with Crippen LogP contribution in [0.4, 0.5) is 0 Å². The van der Waals surface area contributed by atoms with Gasteiger partial charge >= 0.3 is 0 Å². The van der Waals surface area contributed by atoms with Crippen LogP contribution in [0.5, 0.6) is 0 Å². The van der Waals surface area contributed by atoms with Crippen LogP contribution < -0.4 is 5.32 Å². The van der Waals surface area contributed by atoms with Gasteiger partial charge in [0.1, 0.15) is 5.82 Å². The molecule has 2 N–H and O–H groups in total. The van der Waals surface area contributed by atoms with Crippen LogP contribution in [0.2, 0.25) is 0 Å². The van der Waals surface area contributed by atoms with Gasteiger partial charge in [0, 0.05) is 0 Å². The normalized spacial score (nSPS) is 11.6. The molecule has 0 aliphatic carbocycles. The number of nitrogens with zero attached hydrogens (tertiary/aromatic N) is 2. The van der Waals surface area contributed by atoms with Crippen molar-refractivity contribution in [1.82, 2.24) is 20.2 Å². The molecule has 2 rings (SSSR count). The monoisotopic (exact) mass is 246 g/mol. The molecule has 4 heteroatoms. The van der Waals surface area contributed by atoms with E-state index in [2.05, 4.69) is 59.4 Å². The zero-order chi connectivity index (χ0) is 13.0. The Kier molecular flexibility index (Phi) is 4.33. The molecule has 2 aromatic rings. The number of aromatic amines is 1. The van der Waals surface area contributed by atoms with E-state index in [0.29, 0.717) is 0 Å². The Morgan fingerprint density at radius 2 is 2.17 bits per heavy atom. The Labute approximate surface area is 108 Å². The van der Waals surface area contributed by atoms with Gasteiger partial charge in [-0.2, -0.15) is 0 Å². The molecule has 0 unspecified atom stereocenters. The Morgan fingerprint density at radius 3 is 2.94 bits per heavy atom. The summed E-state index contributed by atoms with van der Waals surface area (Å²) in [6.07, 6.45) is 1.16. The molecule has 0 radical (unpaired) electrons. The lowest BCUT2D eigenvalue weighted by Gasteiger charge is -2.08. The van der Waals surface area contributed by atoms with Crippen LogP contribution in [-0.4, -0.2) is 42.1 Å². The van der Waals surface area contributed by atoms with Crippen LogP contribution in [0.1, 0.15) is 17.8 Å². The number of imidazole rings is 1. The van der Waals surface area contributed by atoms with Gasteiger partial charge in [-0.3, -0.25) is 0 Å². The molecule has 18 heavy (non-hydrogen) atoms. The highest BCUT2D eigenvalue weighted by Gasteiger charge is 2.02. The van der Waals surface area contributed by atoms with E-state index >= 15 is 0 Å². The number of rotatable bonds is 6. The fourth-order valence-corrected chi connectivity index (χ4v) is 1.99. The van der Waals surface area contributed by atoms with Gasteiger partial charge in [0.2, 0.25) is 0 Å². The van der Waals surface area contributed by atoms with E-state index in [9.17, 15) is 0 Å². The summed E-state index contributed by atoms with van der Waals surface area (Å²) in [6.45, 7) is 5.04. The molecular weight excluding hydrogens is 224 g/mol. The number of H-pyrrole nitrogens is 1.